The first-order valence-corrected chi connectivity index (χ1v) is 8.00. The SMILES string of the molecule is NC(=O)c1ccccc1NC(=O)COC(=O)c1ccc(-c2ncc[nH]2)cc1. The molecule has 0 saturated carbocycles. The van der Waals surface area contributed by atoms with Crippen molar-refractivity contribution in [2.45, 2.75) is 0 Å². The minimum Gasteiger partial charge on any atom is -0.452 e. The van der Waals surface area contributed by atoms with Crippen molar-refractivity contribution in [1.29, 1.82) is 0 Å². The van der Waals surface area contributed by atoms with Crippen LogP contribution in [0.4, 0.5) is 5.69 Å². The molecule has 0 radical (unpaired) electrons. The number of amides is 2. The van der Waals surface area contributed by atoms with Gasteiger partial charge in [-0.3, -0.25) is 9.59 Å². The molecule has 0 bridgehead atoms. The first-order valence-electron chi connectivity index (χ1n) is 8.00. The normalized spacial score (nSPS) is 10.2. The molecule has 3 rings (SSSR count). The van der Waals surface area contributed by atoms with Crippen molar-refractivity contribution in [3.05, 3.63) is 72.1 Å². The standard InChI is InChI=1S/C19H16N4O4/c20-17(25)14-3-1-2-4-15(14)23-16(24)11-27-19(26)13-7-5-12(6-8-13)18-21-9-10-22-18/h1-10H,11H2,(H2,20,25)(H,21,22)(H,23,24). The van der Waals surface area contributed by atoms with Crippen LogP contribution < -0.4 is 11.1 Å². The van der Waals surface area contributed by atoms with Crippen LogP contribution in [-0.4, -0.2) is 34.4 Å². The number of hydrogen-bond donors (Lipinski definition) is 3. The summed E-state index contributed by atoms with van der Waals surface area (Å²) in [6, 6.07) is 12.9. The van der Waals surface area contributed by atoms with Crippen LogP contribution in [0.2, 0.25) is 0 Å². The predicted molar refractivity (Wildman–Crippen MR) is 97.9 cm³/mol. The monoisotopic (exact) mass is 364 g/mol. The lowest BCUT2D eigenvalue weighted by Crippen LogP contribution is -2.23. The lowest BCUT2D eigenvalue weighted by atomic mass is 10.1. The van der Waals surface area contributed by atoms with E-state index in [9.17, 15) is 14.4 Å². The second kappa shape index (κ2) is 7.96. The number of imidazole rings is 1. The fourth-order valence-corrected chi connectivity index (χ4v) is 2.40. The maximum atomic E-state index is 12.1. The molecule has 27 heavy (non-hydrogen) atoms. The van der Waals surface area contributed by atoms with E-state index in [1.54, 1.807) is 48.8 Å². The molecule has 0 unspecified atom stereocenters. The number of rotatable bonds is 6. The molecule has 4 N–H and O–H groups in total. The number of nitrogens with two attached hydrogens (primary N) is 1. The minimum absolute atomic E-state index is 0.172. The van der Waals surface area contributed by atoms with Crippen molar-refractivity contribution >= 4 is 23.5 Å². The molecule has 2 aromatic carbocycles. The summed E-state index contributed by atoms with van der Waals surface area (Å²) in [4.78, 5) is 42.5. The Kier molecular flexibility index (Phi) is 5.27. The Morgan fingerprint density at radius 1 is 1.07 bits per heavy atom. The van der Waals surface area contributed by atoms with E-state index in [2.05, 4.69) is 15.3 Å². The number of aromatic nitrogens is 2. The summed E-state index contributed by atoms with van der Waals surface area (Å²) in [7, 11) is 0. The van der Waals surface area contributed by atoms with Crippen LogP contribution in [0, 0.1) is 0 Å². The molecular weight excluding hydrogens is 348 g/mol. The highest BCUT2D eigenvalue weighted by Crippen LogP contribution is 2.16. The Morgan fingerprint density at radius 3 is 2.48 bits per heavy atom. The molecule has 0 atom stereocenters. The van der Waals surface area contributed by atoms with E-state index in [4.69, 9.17) is 10.5 Å². The van der Waals surface area contributed by atoms with Gasteiger partial charge in [-0.15, -0.1) is 0 Å². The van der Waals surface area contributed by atoms with Gasteiger partial charge in [-0.1, -0.05) is 24.3 Å². The molecular formula is C19H16N4O4. The van der Waals surface area contributed by atoms with E-state index in [-0.39, 0.29) is 11.3 Å². The van der Waals surface area contributed by atoms with Gasteiger partial charge in [0.05, 0.1) is 16.8 Å². The second-order valence-electron chi connectivity index (χ2n) is 5.55. The number of para-hydroxylation sites is 1. The van der Waals surface area contributed by atoms with Crippen LogP contribution in [0.5, 0.6) is 0 Å². The number of primary amides is 1. The zero-order valence-corrected chi connectivity index (χ0v) is 14.1. The summed E-state index contributed by atoms with van der Waals surface area (Å²) in [5.41, 5.74) is 6.80. The van der Waals surface area contributed by atoms with E-state index in [1.165, 1.54) is 12.1 Å². The number of anilines is 1. The molecule has 0 spiro atoms. The maximum Gasteiger partial charge on any atom is 0.338 e. The molecule has 0 saturated heterocycles. The van der Waals surface area contributed by atoms with Gasteiger partial charge in [0, 0.05) is 18.0 Å². The number of carbonyl (C=O) groups is 3. The average molecular weight is 364 g/mol. The second-order valence-corrected chi connectivity index (χ2v) is 5.55. The number of benzene rings is 2. The van der Waals surface area contributed by atoms with E-state index in [0.29, 0.717) is 11.4 Å². The van der Waals surface area contributed by atoms with E-state index in [0.717, 1.165) is 5.56 Å². The summed E-state index contributed by atoms with van der Waals surface area (Å²) in [5, 5.41) is 2.50. The van der Waals surface area contributed by atoms with Crippen molar-refractivity contribution in [2.75, 3.05) is 11.9 Å². The number of nitrogens with one attached hydrogen (secondary N) is 2. The highest BCUT2D eigenvalue weighted by atomic mass is 16.5. The quantitative estimate of drug-likeness (QED) is 0.576. The van der Waals surface area contributed by atoms with Gasteiger partial charge >= 0.3 is 5.97 Å². The summed E-state index contributed by atoms with van der Waals surface area (Å²) in [6.07, 6.45) is 3.33. The Hall–Kier alpha value is -3.94. The molecule has 2 amide bonds. The number of aromatic amines is 1. The van der Waals surface area contributed by atoms with Gasteiger partial charge in [0.2, 0.25) is 0 Å². The van der Waals surface area contributed by atoms with E-state index < -0.39 is 24.4 Å². The fourth-order valence-electron chi connectivity index (χ4n) is 2.40. The molecule has 136 valence electrons. The molecule has 1 heterocycles. The Bertz CT molecular complexity index is 966. The van der Waals surface area contributed by atoms with Crippen LogP contribution in [-0.2, 0) is 9.53 Å². The zero-order valence-electron chi connectivity index (χ0n) is 14.1. The van der Waals surface area contributed by atoms with Crippen molar-refractivity contribution in [3.8, 4) is 11.4 Å². The smallest absolute Gasteiger partial charge is 0.338 e. The molecule has 8 heteroatoms. The summed E-state index contributed by atoms with van der Waals surface area (Å²) >= 11 is 0. The lowest BCUT2D eigenvalue weighted by molar-refractivity contribution is -0.119. The van der Waals surface area contributed by atoms with E-state index in [1.807, 2.05) is 0 Å². The number of nitrogens with zero attached hydrogens (tertiary/aromatic N) is 1. The number of carbonyl (C=O) groups excluding carboxylic acids is 3. The van der Waals surface area contributed by atoms with Crippen LogP contribution >= 0.6 is 0 Å². The van der Waals surface area contributed by atoms with Crippen LogP contribution in [0.15, 0.2) is 60.9 Å². The van der Waals surface area contributed by atoms with Gasteiger partial charge in [-0.25, -0.2) is 9.78 Å². The third-order valence-corrected chi connectivity index (χ3v) is 3.69. The third kappa shape index (κ3) is 4.37. The van der Waals surface area contributed by atoms with Crippen molar-refractivity contribution < 1.29 is 19.1 Å². The summed E-state index contributed by atoms with van der Waals surface area (Å²) < 4.78 is 5.00. The Balaban J connectivity index is 1.57. The van der Waals surface area contributed by atoms with E-state index >= 15 is 0 Å². The van der Waals surface area contributed by atoms with Gasteiger partial charge in [-0.05, 0) is 24.3 Å². The topological polar surface area (TPSA) is 127 Å². The van der Waals surface area contributed by atoms with Crippen molar-refractivity contribution in [1.82, 2.24) is 9.97 Å². The number of hydrogen-bond acceptors (Lipinski definition) is 5. The number of esters is 1. The summed E-state index contributed by atoms with van der Waals surface area (Å²) in [5.74, 6) is -1.20. The van der Waals surface area contributed by atoms with Gasteiger partial charge in [0.1, 0.15) is 5.82 Å². The van der Waals surface area contributed by atoms with Crippen molar-refractivity contribution in [3.63, 3.8) is 0 Å². The fraction of sp³-hybridized carbons (Fsp3) is 0.0526. The number of ether oxygens (including phenoxy) is 1. The maximum absolute atomic E-state index is 12.1. The van der Waals surface area contributed by atoms with Crippen molar-refractivity contribution in [2.24, 2.45) is 5.73 Å². The first kappa shape index (κ1) is 17.9. The van der Waals surface area contributed by atoms with Crippen LogP contribution in [0.1, 0.15) is 20.7 Å². The molecule has 8 nitrogen and oxygen atoms in total. The molecule has 1 aromatic heterocycles. The zero-order chi connectivity index (χ0) is 19.2. The largest absolute Gasteiger partial charge is 0.452 e. The number of H-pyrrole nitrogens is 1. The predicted octanol–water partition coefficient (Wildman–Crippen LogP) is 1.97. The molecule has 0 aliphatic rings. The molecule has 0 aliphatic carbocycles. The molecule has 0 aliphatic heterocycles. The van der Waals surface area contributed by atoms with Gasteiger partial charge in [-0.2, -0.15) is 0 Å². The van der Waals surface area contributed by atoms with Gasteiger partial charge in [0.15, 0.2) is 6.61 Å². The highest BCUT2D eigenvalue weighted by molar-refractivity contribution is 6.03. The van der Waals surface area contributed by atoms with Crippen LogP contribution in [0.25, 0.3) is 11.4 Å². The molecule has 0 fully saturated rings. The highest BCUT2D eigenvalue weighted by Gasteiger charge is 2.13. The summed E-state index contributed by atoms with van der Waals surface area (Å²) in [6.45, 7) is -0.494. The van der Waals surface area contributed by atoms with Gasteiger partial charge in [0.25, 0.3) is 11.8 Å². The first-order chi connectivity index (χ1) is 13.0. The Labute approximate surface area is 154 Å². The van der Waals surface area contributed by atoms with Crippen LogP contribution in [0.3, 0.4) is 0 Å². The average Bonchev–Trinajstić information content (AvgIpc) is 3.21. The minimum atomic E-state index is -0.667. The molecule has 3 aromatic rings. The third-order valence-electron chi connectivity index (χ3n) is 3.69. The Morgan fingerprint density at radius 2 is 1.81 bits per heavy atom. The van der Waals surface area contributed by atoms with Gasteiger partial charge < -0.3 is 20.8 Å². The lowest BCUT2D eigenvalue weighted by Gasteiger charge is -2.09.